The first-order valence-corrected chi connectivity index (χ1v) is 12.2. The summed E-state index contributed by atoms with van der Waals surface area (Å²) < 4.78 is 24.4. The monoisotopic (exact) mass is 584 g/mol. The molecule has 0 radical (unpaired) electrons. The molecule has 1 aliphatic heterocycles. The van der Waals surface area contributed by atoms with Gasteiger partial charge in [-0.15, -0.1) is 0 Å². The molecular weight excluding hydrogens is 559 g/mol. The smallest absolute Gasteiger partial charge is 0.373 e. The molecule has 35 heavy (non-hydrogen) atoms. The third kappa shape index (κ3) is 5.11. The Balaban J connectivity index is 2.03. The highest BCUT2D eigenvalue weighted by atomic mass is 127. The molecule has 3 aromatic rings. The van der Waals surface area contributed by atoms with Crippen LogP contribution in [0.4, 0.5) is 0 Å². The molecule has 1 aliphatic rings. The second-order valence-electron chi connectivity index (χ2n) is 7.85. The maximum Gasteiger partial charge on any atom is 0.373 e. The molecule has 0 saturated heterocycles. The number of benzene rings is 3. The van der Waals surface area contributed by atoms with Crippen molar-refractivity contribution >= 4 is 34.5 Å². The standard InChI is InChI=1S/C28H25IO6/c1-3-33-27(31)28(21-14-16-22(29)17-15-21)23(19-10-6-4-7-11-19)18-24(25(30)32-2)34-26(35-28)20-12-8-5-9-13-20/h4-18,23,26H,3H2,1-2H3/t23-,26-,28+/m0/s1. The first-order valence-electron chi connectivity index (χ1n) is 11.2. The van der Waals surface area contributed by atoms with Gasteiger partial charge in [0.1, 0.15) is 0 Å². The Hall–Kier alpha value is -3.17. The summed E-state index contributed by atoms with van der Waals surface area (Å²) in [5, 5.41) is 0. The number of rotatable bonds is 6. The molecule has 0 spiro atoms. The fraction of sp³-hybridized carbons (Fsp3) is 0.214. The van der Waals surface area contributed by atoms with Crippen LogP contribution >= 0.6 is 22.6 Å². The molecular formula is C28H25IO6. The van der Waals surface area contributed by atoms with E-state index >= 15 is 0 Å². The molecule has 0 aliphatic carbocycles. The van der Waals surface area contributed by atoms with E-state index in [0.29, 0.717) is 11.1 Å². The predicted molar refractivity (Wildman–Crippen MR) is 138 cm³/mol. The average Bonchev–Trinajstić information content (AvgIpc) is 3.08. The highest BCUT2D eigenvalue weighted by Crippen LogP contribution is 2.49. The van der Waals surface area contributed by atoms with Crippen LogP contribution < -0.4 is 0 Å². The van der Waals surface area contributed by atoms with Crippen LogP contribution in [0.25, 0.3) is 0 Å². The minimum absolute atomic E-state index is 0.0492. The van der Waals surface area contributed by atoms with Gasteiger partial charge in [0.05, 0.1) is 19.6 Å². The summed E-state index contributed by atoms with van der Waals surface area (Å²) in [6.07, 6.45) is 0.512. The number of halogens is 1. The molecule has 0 aromatic heterocycles. The van der Waals surface area contributed by atoms with E-state index < -0.39 is 29.7 Å². The lowest BCUT2D eigenvalue weighted by molar-refractivity contribution is -0.221. The molecule has 7 heteroatoms. The van der Waals surface area contributed by atoms with Gasteiger partial charge in [0.15, 0.2) is 0 Å². The van der Waals surface area contributed by atoms with Crippen molar-refractivity contribution in [1.82, 2.24) is 0 Å². The van der Waals surface area contributed by atoms with E-state index in [9.17, 15) is 9.59 Å². The summed E-state index contributed by atoms with van der Waals surface area (Å²) in [6, 6.07) is 26.0. The summed E-state index contributed by atoms with van der Waals surface area (Å²) in [5.41, 5.74) is 0.308. The lowest BCUT2D eigenvalue weighted by atomic mass is 9.76. The van der Waals surface area contributed by atoms with Crippen LogP contribution in [0.15, 0.2) is 96.8 Å². The molecule has 0 unspecified atom stereocenters. The third-order valence-electron chi connectivity index (χ3n) is 5.75. The zero-order valence-electron chi connectivity index (χ0n) is 19.3. The Morgan fingerprint density at radius 2 is 1.51 bits per heavy atom. The summed E-state index contributed by atoms with van der Waals surface area (Å²) in [6.45, 7) is 1.90. The quantitative estimate of drug-likeness (QED) is 0.276. The van der Waals surface area contributed by atoms with Gasteiger partial charge in [-0.25, -0.2) is 9.59 Å². The lowest BCUT2D eigenvalue weighted by Crippen LogP contribution is -2.45. The largest absolute Gasteiger partial charge is 0.464 e. The van der Waals surface area contributed by atoms with Gasteiger partial charge in [0.25, 0.3) is 0 Å². The number of carbonyl (C=O) groups excluding carboxylic acids is 2. The number of methoxy groups -OCH3 is 1. The average molecular weight is 584 g/mol. The van der Waals surface area contributed by atoms with E-state index in [1.54, 1.807) is 13.0 Å². The summed E-state index contributed by atoms with van der Waals surface area (Å²) >= 11 is 2.21. The van der Waals surface area contributed by atoms with Gasteiger partial charge in [-0.05, 0) is 58.9 Å². The molecule has 0 fully saturated rings. The maximum atomic E-state index is 13.9. The summed E-state index contributed by atoms with van der Waals surface area (Å²) in [7, 11) is 1.28. The van der Waals surface area contributed by atoms with Gasteiger partial charge in [-0.1, -0.05) is 72.8 Å². The van der Waals surface area contributed by atoms with Gasteiger partial charge in [0, 0.05) is 9.13 Å². The molecule has 3 aromatic carbocycles. The highest BCUT2D eigenvalue weighted by molar-refractivity contribution is 14.1. The van der Waals surface area contributed by atoms with E-state index in [1.807, 2.05) is 84.9 Å². The fourth-order valence-electron chi connectivity index (χ4n) is 4.12. The Morgan fingerprint density at radius 1 is 0.914 bits per heavy atom. The van der Waals surface area contributed by atoms with Gasteiger partial charge in [0.2, 0.25) is 17.7 Å². The minimum atomic E-state index is -1.65. The molecule has 6 nitrogen and oxygen atoms in total. The fourth-order valence-corrected chi connectivity index (χ4v) is 4.48. The first kappa shape index (κ1) is 24.9. The molecule has 1 heterocycles. The van der Waals surface area contributed by atoms with E-state index in [1.165, 1.54) is 7.11 Å². The van der Waals surface area contributed by atoms with Gasteiger partial charge in [-0.3, -0.25) is 0 Å². The number of ether oxygens (including phenoxy) is 4. The Kier molecular flexibility index (Phi) is 7.87. The topological polar surface area (TPSA) is 71.1 Å². The van der Waals surface area contributed by atoms with Crippen molar-refractivity contribution in [1.29, 1.82) is 0 Å². The Labute approximate surface area is 218 Å². The molecule has 0 saturated carbocycles. The van der Waals surface area contributed by atoms with Crippen molar-refractivity contribution in [3.8, 4) is 0 Å². The van der Waals surface area contributed by atoms with Crippen molar-refractivity contribution in [2.45, 2.75) is 24.7 Å². The number of hydrogen-bond acceptors (Lipinski definition) is 6. The molecule has 180 valence electrons. The van der Waals surface area contributed by atoms with Crippen molar-refractivity contribution in [2.24, 2.45) is 0 Å². The van der Waals surface area contributed by atoms with Gasteiger partial charge < -0.3 is 18.9 Å². The van der Waals surface area contributed by atoms with E-state index in [2.05, 4.69) is 22.6 Å². The van der Waals surface area contributed by atoms with E-state index in [-0.39, 0.29) is 12.4 Å². The van der Waals surface area contributed by atoms with E-state index in [0.717, 1.165) is 9.13 Å². The maximum absolute atomic E-state index is 13.9. The first-order chi connectivity index (χ1) is 17.0. The molecule has 0 N–H and O–H groups in total. The number of carbonyl (C=O) groups is 2. The van der Waals surface area contributed by atoms with Crippen LogP contribution in [0.3, 0.4) is 0 Å². The van der Waals surface area contributed by atoms with Crippen LogP contribution in [0.1, 0.15) is 35.8 Å². The second kappa shape index (κ2) is 11.0. The summed E-state index contributed by atoms with van der Waals surface area (Å²) in [5.74, 6) is -2.06. The highest BCUT2D eigenvalue weighted by Gasteiger charge is 2.54. The van der Waals surface area contributed by atoms with Crippen LogP contribution in [0, 0.1) is 3.57 Å². The van der Waals surface area contributed by atoms with Crippen molar-refractivity contribution < 1.29 is 28.5 Å². The van der Waals surface area contributed by atoms with Crippen LogP contribution in [0.2, 0.25) is 0 Å². The van der Waals surface area contributed by atoms with Crippen LogP contribution in [-0.4, -0.2) is 25.7 Å². The van der Waals surface area contributed by atoms with Gasteiger partial charge in [-0.2, -0.15) is 0 Å². The van der Waals surface area contributed by atoms with Crippen molar-refractivity contribution in [2.75, 3.05) is 13.7 Å². The zero-order chi connectivity index (χ0) is 24.8. The molecule has 3 atom stereocenters. The number of esters is 2. The van der Waals surface area contributed by atoms with Crippen molar-refractivity contribution in [3.63, 3.8) is 0 Å². The second-order valence-corrected chi connectivity index (χ2v) is 9.10. The SMILES string of the molecule is CCOC(=O)[C@]1(c2ccc(I)cc2)O[C@@H](c2ccccc2)OC(C(=O)OC)=C[C@H]1c1ccccc1. The molecule has 4 rings (SSSR count). The van der Waals surface area contributed by atoms with Crippen LogP contribution in [-0.2, 0) is 34.1 Å². The normalized spacial score (nSPS) is 21.7. The van der Waals surface area contributed by atoms with Crippen molar-refractivity contribution in [3.05, 3.63) is 117 Å². The third-order valence-corrected chi connectivity index (χ3v) is 6.47. The van der Waals surface area contributed by atoms with Crippen LogP contribution in [0.5, 0.6) is 0 Å². The van der Waals surface area contributed by atoms with E-state index in [4.69, 9.17) is 18.9 Å². The number of hydrogen-bond donors (Lipinski definition) is 0. The predicted octanol–water partition coefficient (Wildman–Crippen LogP) is 5.64. The zero-order valence-corrected chi connectivity index (χ0v) is 21.5. The Morgan fingerprint density at radius 3 is 2.09 bits per heavy atom. The minimum Gasteiger partial charge on any atom is -0.464 e. The molecule has 0 amide bonds. The lowest BCUT2D eigenvalue weighted by Gasteiger charge is -2.38. The molecule has 0 bridgehead atoms. The summed E-state index contributed by atoms with van der Waals surface area (Å²) in [4.78, 5) is 26.7. The Bertz CT molecular complexity index is 1190. The van der Waals surface area contributed by atoms with Gasteiger partial charge >= 0.3 is 11.9 Å².